The summed E-state index contributed by atoms with van der Waals surface area (Å²) in [5.41, 5.74) is 2.14. The zero-order chi connectivity index (χ0) is 13.8. The number of hydrogen-bond acceptors (Lipinski definition) is 5. The quantitative estimate of drug-likeness (QED) is 0.918. The van der Waals surface area contributed by atoms with Gasteiger partial charge in [0.05, 0.1) is 11.4 Å². The van der Waals surface area contributed by atoms with Gasteiger partial charge in [0.2, 0.25) is 0 Å². The normalized spacial score (nSPS) is 18.6. The SMILES string of the molecule is CNCC1CCN(Cc2csc(-c3ccccn3)n2)C1.Cl. The fourth-order valence-corrected chi connectivity index (χ4v) is 3.51. The van der Waals surface area contributed by atoms with Crippen molar-refractivity contribution >= 4 is 23.7 Å². The molecular formula is C15H21ClN4S. The first-order chi connectivity index (χ1) is 9.85. The summed E-state index contributed by atoms with van der Waals surface area (Å²) in [6.45, 7) is 4.44. The van der Waals surface area contributed by atoms with Crippen LogP contribution in [0.2, 0.25) is 0 Å². The van der Waals surface area contributed by atoms with E-state index in [-0.39, 0.29) is 12.4 Å². The Hall–Kier alpha value is -1.01. The molecule has 2 aromatic rings. The summed E-state index contributed by atoms with van der Waals surface area (Å²) in [6.07, 6.45) is 3.11. The number of nitrogens with one attached hydrogen (secondary N) is 1. The van der Waals surface area contributed by atoms with E-state index in [0.717, 1.165) is 29.7 Å². The third-order valence-electron chi connectivity index (χ3n) is 3.68. The fourth-order valence-electron chi connectivity index (χ4n) is 2.73. The molecular weight excluding hydrogens is 304 g/mol. The lowest BCUT2D eigenvalue weighted by Gasteiger charge is -2.14. The van der Waals surface area contributed by atoms with E-state index in [1.54, 1.807) is 11.3 Å². The number of likely N-dealkylation sites (tertiary alicyclic amines) is 1. The van der Waals surface area contributed by atoms with Gasteiger partial charge in [-0.3, -0.25) is 9.88 Å². The van der Waals surface area contributed by atoms with E-state index in [9.17, 15) is 0 Å². The zero-order valence-electron chi connectivity index (χ0n) is 12.2. The number of thiazole rings is 1. The van der Waals surface area contributed by atoms with Crippen LogP contribution in [0.5, 0.6) is 0 Å². The molecule has 0 aliphatic carbocycles. The molecule has 3 rings (SSSR count). The van der Waals surface area contributed by atoms with Gasteiger partial charge in [0.15, 0.2) is 0 Å². The summed E-state index contributed by atoms with van der Waals surface area (Å²) in [5, 5.41) is 6.45. The Morgan fingerprint density at radius 2 is 2.33 bits per heavy atom. The van der Waals surface area contributed by atoms with Gasteiger partial charge in [-0.25, -0.2) is 4.98 Å². The van der Waals surface area contributed by atoms with Crippen LogP contribution in [-0.4, -0.2) is 41.5 Å². The minimum atomic E-state index is 0. The summed E-state index contributed by atoms with van der Waals surface area (Å²) in [4.78, 5) is 11.6. The Morgan fingerprint density at radius 1 is 1.43 bits per heavy atom. The highest BCUT2D eigenvalue weighted by molar-refractivity contribution is 7.13. The van der Waals surface area contributed by atoms with Crippen LogP contribution in [0.25, 0.3) is 10.7 Å². The molecule has 114 valence electrons. The second-order valence-electron chi connectivity index (χ2n) is 5.31. The second-order valence-corrected chi connectivity index (χ2v) is 6.16. The molecule has 1 aliphatic heterocycles. The van der Waals surface area contributed by atoms with Crippen molar-refractivity contribution in [2.45, 2.75) is 13.0 Å². The van der Waals surface area contributed by atoms with E-state index in [1.165, 1.54) is 25.2 Å². The van der Waals surface area contributed by atoms with Gasteiger partial charge in [0, 0.05) is 24.7 Å². The molecule has 1 aliphatic rings. The smallest absolute Gasteiger partial charge is 0.142 e. The van der Waals surface area contributed by atoms with Crippen LogP contribution in [0.3, 0.4) is 0 Å². The first kappa shape index (κ1) is 16.4. The Morgan fingerprint density at radius 3 is 3.10 bits per heavy atom. The maximum atomic E-state index is 4.71. The molecule has 1 saturated heterocycles. The average molecular weight is 325 g/mol. The largest absolute Gasteiger partial charge is 0.319 e. The van der Waals surface area contributed by atoms with Gasteiger partial charge in [0.1, 0.15) is 5.01 Å². The maximum Gasteiger partial charge on any atom is 0.142 e. The van der Waals surface area contributed by atoms with Gasteiger partial charge in [-0.15, -0.1) is 23.7 Å². The molecule has 2 aromatic heterocycles. The van der Waals surface area contributed by atoms with Crippen molar-refractivity contribution < 1.29 is 0 Å². The van der Waals surface area contributed by atoms with Crippen molar-refractivity contribution in [3.63, 3.8) is 0 Å². The van der Waals surface area contributed by atoms with Crippen LogP contribution in [0.4, 0.5) is 0 Å². The van der Waals surface area contributed by atoms with Crippen molar-refractivity contribution in [3.05, 3.63) is 35.5 Å². The van der Waals surface area contributed by atoms with Gasteiger partial charge in [0.25, 0.3) is 0 Å². The van der Waals surface area contributed by atoms with Crippen LogP contribution in [0.1, 0.15) is 12.1 Å². The second kappa shape index (κ2) is 7.84. The molecule has 1 unspecified atom stereocenters. The number of aromatic nitrogens is 2. The first-order valence-electron chi connectivity index (χ1n) is 7.08. The highest BCUT2D eigenvalue weighted by Gasteiger charge is 2.22. The van der Waals surface area contributed by atoms with E-state index in [1.807, 2.05) is 31.4 Å². The lowest BCUT2D eigenvalue weighted by molar-refractivity contribution is 0.312. The minimum absolute atomic E-state index is 0. The van der Waals surface area contributed by atoms with E-state index in [2.05, 4.69) is 20.6 Å². The van der Waals surface area contributed by atoms with Crippen molar-refractivity contribution in [2.24, 2.45) is 5.92 Å². The van der Waals surface area contributed by atoms with Crippen molar-refractivity contribution in [1.29, 1.82) is 0 Å². The van der Waals surface area contributed by atoms with Gasteiger partial charge in [-0.2, -0.15) is 0 Å². The number of nitrogens with zero attached hydrogens (tertiary/aromatic N) is 3. The van der Waals surface area contributed by atoms with Gasteiger partial charge in [-0.05, 0) is 44.6 Å². The first-order valence-corrected chi connectivity index (χ1v) is 7.96. The Bertz CT molecular complexity index is 546. The van der Waals surface area contributed by atoms with Crippen LogP contribution in [0.15, 0.2) is 29.8 Å². The molecule has 0 bridgehead atoms. The summed E-state index contributed by atoms with van der Waals surface area (Å²) < 4.78 is 0. The molecule has 0 spiro atoms. The lowest BCUT2D eigenvalue weighted by atomic mass is 10.1. The predicted molar refractivity (Wildman–Crippen MR) is 89.9 cm³/mol. The van der Waals surface area contributed by atoms with Crippen molar-refractivity contribution in [3.8, 4) is 10.7 Å². The molecule has 1 N–H and O–H groups in total. The van der Waals surface area contributed by atoms with E-state index < -0.39 is 0 Å². The number of pyridine rings is 1. The van der Waals surface area contributed by atoms with E-state index in [0.29, 0.717) is 0 Å². The molecule has 0 aromatic carbocycles. The van der Waals surface area contributed by atoms with Gasteiger partial charge in [-0.1, -0.05) is 6.07 Å². The fraction of sp³-hybridized carbons (Fsp3) is 0.467. The van der Waals surface area contributed by atoms with Crippen molar-refractivity contribution in [2.75, 3.05) is 26.7 Å². The molecule has 3 heterocycles. The molecule has 21 heavy (non-hydrogen) atoms. The Balaban J connectivity index is 0.00000161. The lowest BCUT2D eigenvalue weighted by Crippen LogP contribution is -2.24. The average Bonchev–Trinajstić information content (AvgIpc) is 3.11. The number of rotatable bonds is 5. The Kier molecular flexibility index (Phi) is 6.11. The highest BCUT2D eigenvalue weighted by atomic mass is 35.5. The topological polar surface area (TPSA) is 41.0 Å². The van der Waals surface area contributed by atoms with Crippen LogP contribution in [-0.2, 0) is 6.54 Å². The summed E-state index contributed by atoms with van der Waals surface area (Å²) in [5.74, 6) is 0.786. The third kappa shape index (κ3) is 4.23. The van der Waals surface area contributed by atoms with Crippen LogP contribution >= 0.6 is 23.7 Å². The van der Waals surface area contributed by atoms with Crippen LogP contribution < -0.4 is 5.32 Å². The Labute approximate surface area is 136 Å². The predicted octanol–water partition coefficient (Wildman–Crippen LogP) is 2.67. The van der Waals surface area contributed by atoms with Crippen molar-refractivity contribution in [1.82, 2.24) is 20.2 Å². The molecule has 4 nitrogen and oxygen atoms in total. The van der Waals surface area contributed by atoms with E-state index in [4.69, 9.17) is 4.98 Å². The monoisotopic (exact) mass is 324 g/mol. The standard InChI is InChI=1S/C15H20N4S.ClH/c1-16-8-12-5-7-19(9-12)10-13-11-20-15(18-13)14-4-2-3-6-17-14;/h2-4,6,11-12,16H,5,7-10H2,1H3;1H. The highest BCUT2D eigenvalue weighted by Crippen LogP contribution is 2.23. The molecule has 0 amide bonds. The maximum absolute atomic E-state index is 4.71. The molecule has 1 fully saturated rings. The molecule has 1 atom stereocenters. The van der Waals surface area contributed by atoms with Gasteiger partial charge >= 0.3 is 0 Å². The van der Waals surface area contributed by atoms with E-state index >= 15 is 0 Å². The van der Waals surface area contributed by atoms with Gasteiger partial charge < -0.3 is 5.32 Å². The summed E-state index contributed by atoms with van der Waals surface area (Å²) in [7, 11) is 2.03. The molecule has 0 saturated carbocycles. The van der Waals surface area contributed by atoms with Crippen LogP contribution in [0, 0.1) is 5.92 Å². The number of halogens is 1. The zero-order valence-corrected chi connectivity index (χ0v) is 13.8. The summed E-state index contributed by atoms with van der Waals surface area (Å²) >= 11 is 1.68. The number of hydrogen-bond donors (Lipinski definition) is 1. The summed E-state index contributed by atoms with van der Waals surface area (Å²) in [6, 6.07) is 5.96. The minimum Gasteiger partial charge on any atom is -0.319 e. The third-order valence-corrected chi connectivity index (χ3v) is 4.60. The molecule has 6 heteroatoms. The molecule has 0 radical (unpaired) electrons.